The van der Waals surface area contributed by atoms with Crippen molar-refractivity contribution in [3.05, 3.63) is 29.3 Å². The summed E-state index contributed by atoms with van der Waals surface area (Å²) >= 11 is 0. The van der Waals surface area contributed by atoms with E-state index in [0.29, 0.717) is 6.54 Å². The molecular weight excluding hydrogens is 252 g/mol. The fraction of sp³-hybridized carbons (Fsp3) is 0.562. The third-order valence-electron chi connectivity index (χ3n) is 3.61. The summed E-state index contributed by atoms with van der Waals surface area (Å²) in [7, 11) is 0. The average Bonchev–Trinajstić information content (AvgIpc) is 2.90. The van der Waals surface area contributed by atoms with Crippen molar-refractivity contribution in [2.75, 3.05) is 19.7 Å². The van der Waals surface area contributed by atoms with Gasteiger partial charge >= 0.3 is 0 Å². The van der Waals surface area contributed by atoms with E-state index in [1.54, 1.807) is 0 Å². The fourth-order valence-electron chi connectivity index (χ4n) is 2.27. The fourth-order valence-corrected chi connectivity index (χ4v) is 2.27. The Morgan fingerprint density at radius 1 is 1.30 bits per heavy atom. The molecule has 1 aromatic rings. The van der Waals surface area contributed by atoms with E-state index in [9.17, 15) is 4.79 Å². The average molecular weight is 276 g/mol. The van der Waals surface area contributed by atoms with Crippen molar-refractivity contribution >= 4 is 5.91 Å². The largest absolute Gasteiger partial charge is 0.493 e. The highest BCUT2D eigenvalue weighted by molar-refractivity contribution is 5.77. The molecule has 1 aromatic carbocycles. The predicted octanol–water partition coefficient (Wildman–Crippen LogP) is 2.04. The molecule has 0 bridgehead atoms. The number of carbonyl (C=O) groups excluding carboxylic acids is 1. The summed E-state index contributed by atoms with van der Waals surface area (Å²) in [5.74, 6) is 1.17. The lowest BCUT2D eigenvalue weighted by Gasteiger charge is -2.16. The lowest BCUT2D eigenvalue weighted by Crippen LogP contribution is -2.35. The molecule has 0 fully saturated rings. The molecule has 1 atom stereocenters. The summed E-state index contributed by atoms with van der Waals surface area (Å²) in [6.07, 6.45) is 1.00. The van der Waals surface area contributed by atoms with E-state index in [4.69, 9.17) is 4.74 Å². The Labute approximate surface area is 120 Å². The Kier molecular flexibility index (Phi) is 5.01. The molecule has 0 radical (unpaired) electrons. The Morgan fingerprint density at radius 2 is 2.10 bits per heavy atom. The van der Waals surface area contributed by atoms with Crippen LogP contribution in [0.2, 0.25) is 0 Å². The maximum atomic E-state index is 11.4. The summed E-state index contributed by atoms with van der Waals surface area (Å²) in [4.78, 5) is 11.4. The van der Waals surface area contributed by atoms with Crippen molar-refractivity contribution in [1.82, 2.24) is 10.6 Å². The third kappa shape index (κ3) is 3.73. The SMILES string of the molecule is CC(C)C(=O)NCCNC(C)c1ccc2c(c1)CCO2. The van der Waals surface area contributed by atoms with Crippen molar-refractivity contribution in [1.29, 1.82) is 0 Å². The number of fused-ring (bicyclic) bond motifs is 1. The molecule has 1 unspecified atom stereocenters. The van der Waals surface area contributed by atoms with Gasteiger partial charge < -0.3 is 15.4 Å². The van der Waals surface area contributed by atoms with Crippen LogP contribution < -0.4 is 15.4 Å². The zero-order chi connectivity index (χ0) is 14.5. The van der Waals surface area contributed by atoms with Crippen LogP contribution in [-0.2, 0) is 11.2 Å². The second-order valence-electron chi connectivity index (χ2n) is 5.59. The smallest absolute Gasteiger partial charge is 0.222 e. The van der Waals surface area contributed by atoms with Crippen LogP contribution in [0.5, 0.6) is 5.75 Å². The number of ether oxygens (including phenoxy) is 1. The molecule has 1 amide bonds. The molecule has 110 valence electrons. The van der Waals surface area contributed by atoms with Crippen LogP contribution >= 0.6 is 0 Å². The lowest BCUT2D eigenvalue weighted by atomic mass is 10.0. The van der Waals surface area contributed by atoms with Gasteiger partial charge in [-0.25, -0.2) is 0 Å². The third-order valence-corrected chi connectivity index (χ3v) is 3.61. The van der Waals surface area contributed by atoms with Gasteiger partial charge in [0.15, 0.2) is 0 Å². The van der Waals surface area contributed by atoms with Gasteiger partial charge in [0.25, 0.3) is 0 Å². The lowest BCUT2D eigenvalue weighted by molar-refractivity contribution is -0.123. The number of nitrogens with one attached hydrogen (secondary N) is 2. The van der Waals surface area contributed by atoms with E-state index >= 15 is 0 Å². The first-order valence-corrected chi connectivity index (χ1v) is 7.34. The molecule has 4 heteroatoms. The highest BCUT2D eigenvalue weighted by atomic mass is 16.5. The van der Waals surface area contributed by atoms with Crippen molar-refractivity contribution in [2.24, 2.45) is 5.92 Å². The number of benzene rings is 1. The van der Waals surface area contributed by atoms with Crippen molar-refractivity contribution < 1.29 is 9.53 Å². The van der Waals surface area contributed by atoms with Gasteiger partial charge in [-0.2, -0.15) is 0 Å². The van der Waals surface area contributed by atoms with Gasteiger partial charge in [-0.1, -0.05) is 26.0 Å². The van der Waals surface area contributed by atoms with Gasteiger partial charge in [0, 0.05) is 31.5 Å². The quantitative estimate of drug-likeness (QED) is 0.782. The highest BCUT2D eigenvalue weighted by Gasteiger charge is 2.14. The van der Waals surface area contributed by atoms with Gasteiger partial charge in [0.1, 0.15) is 5.75 Å². The molecule has 0 aromatic heterocycles. The Bertz CT molecular complexity index is 472. The van der Waals surface area contributed by atoms with Crippen LogP contribution in [0.4, 0.5) is 0 Å². The minimum atomic E-state index is 0.0455. The molecule has 0 saturated carbocycles. The van der Waals surface area contributed by atoms with E-state index < -0.39 is 0 Å². The first-order chi connectivity index (χ1) is 9.58. The Balaban J connectivity index is 1.77. The van der Waals surface area contributed by atoms with E-state index in [0.717, 1.165) is 25.3 Å². The molecular formula is C16H24N2O2. The van der Waals surface area contributed by atoms with Crippen LogP contribution in [0.15, 0.2) is 18.2 Å². The molecule has 1 aliphatic rings. The monoisotopic (exact) mass is 276 g/mol. The first-order valence-electron chi connectivity index (χ1n) is 7.34. The number of hydrogen-bond acceptors (Lipinski definition) is 3. The van der Waals surface area contributed by atoms with Crippen LogP contribution in [0.25, 0.3) is 0 Å². The Hall–Kier alpha value is -1.55. The van der Waals surface area contributed by atoms with Crippen LogP contribution in [-0.4, -0.2) is 25.6 Å². The van der Waals surface area contributed by atoms with Gasteiger partial charge in [-0.3, -0.25) is 4.79 Å². The van der Waals surface area contributed by atoms with Crippen LogP contribution in [0.3, 0.4) is 0 Å². The van der Waals surface area contributed by atoms with Gasteiger partial charge in [-0.15, -0.1) is 0 Å². The first kappa shape index (κ1) is 14.9. The second kappa shape index (κ2) is 6.75. The van der Waals surface area contributed by atoms with Gasteiger partial charge in [0.2, 0.25) is 5.91 Å². The van der Waals surface area contributed by atoms with E-state index in [1.807, 2.05) is 13.8 Å². The predicted molar refractivity (Wildman–Crippen MR) is 79.9 cm³/mol. The summed E-state index contributed by atoms with van der Waals surface area (Å²) in [6.45, 7) is 8.17. The molecule has 2 rings (SSSR count). The van der Waals surface area contributed by atoms with Gasteiger partial charge in [-0.05, 0) is 24.1 Å². The second-order valence-corrected chi connectivity index (χ2v) is 5.59. The molecule has 4 nitrogen and oxygen atoms in total. The van der Waals surface area contributed by atoms with Crippen molar-refractivity contribution in [3.8, 4) is 5.75 Å². The number of amides is 1. The number of carbonyl (C=O) groups is 1. The minimum absolute atomic E-state index is 0.0455. The molecule has 1 aliphatic heterocycles. The molecule has 1 heterocycles. The highest BCUT2D eigenvalue weighted by Crippen LogP contribution is 2.27. The minimum Gasteiger partial charge on any atom is -0.493 e. The zero-order valence-corrected chi connectivity index (χ0v) is 12.5. The standard InChI is InChI=1S/C16H24N2O2/c1-11(2)16(19)18-8-7-17-12(3)13-4-5-15-14(10-13)6-9-20-15/h4-5,10-12,17H,6-9H2,1-3H3,(H,18,19). The molecule has 20 heavy (non-hydrogen) atoms. The molecule has 0 saturated heterocycles. The summed E-state index contributed by atoms with van der Waals surface area (Å²) < 4.78 is 5.51. The summed E-state index contributed by atoms with van der Waals surface area (Å²) in [6, 6.07) is 6.65. The maximum Gasteiger partial charge on any atom is 0.222 e. The maximum absolute atomic E-state index is 11.4. The van der Waals surface area contributed by atoms with Crippen LogP contribution in [0.1, 0.15) is 37.9 Å². The number of hydrogen-bond donors (Lipinski definition) is 2. The molecule has 0 aliphatic carbocycles. The van der Waals surface area contributed by atoms with Gasteiger partial charge in [0.05, 0.1) is 6.61 Å². The van der Waals surface area contributed by atoms with Crippen molar-refractivity contribution in [2.45, 2.75) is 33.2 Å². The Morgan fingerprint density at radius 3 is 2.85 bits per heavy atom. The van der Waals surface area contributed by atoms with Crippen molar-refractivity contribution in [3.63, 3.8) is 0 Å². The van der Waals surface area contributed by atoms with Crippen LogP contribution in [0, 0.1) is 5.92 Å². The summed E-state index contributed by atoms with van der Waals surface area (Å²) in [5.41, 5.74) is 2.56. The normalized spacial score (nSPS) is 14.8. The number of rotatable bonds is 6. The van der Waals surface area contributed by atoms with E-state index in [2.05, 4.69) is 35.8 Å². The zero-order valence-electron chi connectivity index (χ0n) is 12.5. The van der Waals surface area contributed by atoms with E-state index in [1.165, 1.54) is 11.1 Å². The topological polar surface area (TPSA) is 50.4 Å². The van der Waals surface area contributed by atoms with E-state index in [-0.39, 0.29) is 17.9 Å². The summed E-state index contributed by atoms with van der Waals surface area (Å²) in [5, 5.41) is 6.34. The molecule has 0 spiro atoms. The molecule has 2 N–H and O–H groups in total.